The van der Waals surface area contributed by atoms with Crippen LogP contribution in [0.25, 0.3) is 0 Å². The predicted octanol–water partition coefficient (Wildman–Crippen LogP) is 1.13. The molecule has 1 unspecified atom stereocenters. The van der Waals surface area contributed by atoms with E-state index in [0.29, 0.717) is 5.69 Å². The van der Waals surface area contributed by atoms with Crippen molar-refractivity contribution in [3.8, 4) is 0 Å². The number of carbonyl (C=O) groups excluding carboxylic acids is 1. The predicted molar refractivity (Wildman–Crippen MR) is 57.9 cm³/mol. The highest BCUT2D eigenvalue weighted by Crippen LogP contribution is 2.19. The summed E-state index contributed by atoms with van der Waals surface area (Å²) in [5, 5.41) is 11.0. The first-order chi connectivity index (χ1) is 7.33. The molecule has 1 amide bonds. The highest BCUT2D eigenvalue weighted by Gasteiger charge is 2.27. The van der Waals surface area contributed by atoms with Crippen molar-refractivity contribution in [1.82, 2.24) is 9.88 Å². The number of piperidine rings is 1. The Hall–Kier alpha value is -0.940. The van der Waals surface area contributed by atoms with Crippen LogP contribution in [0.3, 0.4) is 0 Å². The van der Waals surface area contributed by atoms with Gasteiger partial charge in [0.05, 0.1) is 18.2 Å². The molecular formula is C10H14N2O2S. The average molecular weight is 226 g/mol. The summed E-state index contributed by atoms with van der Waals surface area (Å²) in [7, 11) is 0. The second-order valence-electron chi connectivity index (χ2n) is 3.70. The van der Waals surface area contributed by atoms with Crippen LogP contribution in [0.1, 0.15) is 29.8 Å². The average Bonchev–Trinajstić information content (AvgIpc) is 2.81. The van der Waals surface area contributed by atoms with E-state index in [0.717, 1.165) is 25.8 Å². The zero-order chi connectivity index (χ0) is 10.7. The number of aliphatic hydroxyl groups excluding tert-OH is 1. The molecule has 0 radical (unpaired) electrons. The molecule has 15 heavy (non-hydrogen) atoms. The number of rotatable bonds is 2. The first-order valence-corrected chi connectivity index (χ1v) is 6.07. The smallest absolute Gasteiger partial charge is 0.273 e. The molecule has 0 saturated carbocycles. The standard InChI is InChI=1S/C10H14N2O2S/c13-5-8-3-1-2-4-12(8)10(14)9-6-15-7-11-9/h6-8,13H,1-5H2. The zero-order valence-electron chi connectivity index (χ0n) is 8.43. The van der Waals surface area contributed by atoms with Crippen molar-refractivity contribution >= 4 is 17.2 Å². The lowest BCUT2D eigenvalue weighted by molar-refractivity contribution is 0.0498. The molecule has 0 aromatic carbocycles. The Morgan fingerprint density at radius 3 is 3.20 bits per heavy atom. The van der Waals surface area contributed by atoms with Crippen LogP contribution in [0, 0.1) is 0 Å². The van der Waals surface area contributed by atoms with Gasteiger partial charge < -0.3 is 10.0 Å². The van der Waals surface area contributed by atoms with Crippen LogP contribution >= 0.6 is 11.3 Å². The Morgan fingerprint density at radius 1 is 1.67 bits per heavy atom. The summed E-state index contributed by atoms with van der Waals surface area (Å²) in [5.41, 5.74) is 2.16. The van der Waals surface area contributed by atoms with Gasteiger partial charge in [-0.3, -0.25) is 4.79 Å². The molecule has 1 saturated heterocycles. The fraction of sp³-hybridized carbons (Fsp3) is 0.600. The van der Waals surface area contributed by atoms with Gasteiger partial charge in [0, 0.05) is 11.9 Å². The second kappa shape index (κ2) is 4.72. The van der Waals surface area contributed by atoms with Crippen LogP contribution in [-0.2, 0) is 0 Å². The first kappa shape index (κ1) is 10.6. The van der Waals surface area contributed by atoms with E-state index in [1.54, 1.807) is 15.8 Å². The largest absolute Gasteiger partial charge is 0.394 e. The summed E-state index contributed by atoms with van der Waals surface area (Å²) >= 11 is 1.42. The maximum absolute atomic E-state index is 12.0. The molecule has 2 heterocycles. The van der Waals surface area contributed by atoms with E-state index in [1.807, 2.05) is 0 Å². The Bertz CT molecular complexity index is 326. The minimum atomic E-state index is -0.0463. The Labute approximate surface area is 92.6 Å². The number of amides is 1. The van der Waals surface area contributed by atoms with Crippen LogP contribution in [0.5, 0.6) is 0 Å². The van der Waals surface area contributed by atoms with Crippen LogP contribution in [-0.4, -0.2) is 40.1 Å². The van der Waals surface area contributed by atoms with E-state index in [9.17, 15) is 9.90 Å². The Balaban J connectivity index is 2.11. The lowest BCUT2D eigenvalue weighted by Gasteiger charge is -2.34. The molecule has 82 valence electrons. The molecule has 0 bridgehead atoms. The van der Waals surface area contributed by atoms with E-state index < -0.39 is 0 Å². The maximum atomic E-state index is 12.0. The number of hydrogen-bond donors (Lipinski definition) is 1. The zero-order valence-corrected chi connectivity index (χ0v) is 9.24. The molecule has 2 rings (SSSR count). The van der Waals surface area contributed by atoms with Gasteiger partial charge in [0.1, 0.15) is 5.69 Å². The van der Waals surface area contributed by atoms with Gasteiger partial charge in [-0.25, -0.2) is 4.98 Å². The summed E-state index contributed by atoms with van der Waals surface area (Å²) in [5.74, 6) is -0.0463. The molecule has 1 atom stereocenters. The van der Waals surface area contributed by atoms with Crippen molar-refractivity contribution in [3.05, 3.63) is 16.6 Å². The molecule has 5 heteroatoms. The van der Waals surface area contributed by atoms with Gasteiger partial charge in [-0.2, -0.15) is 0 Å². The van der Waals surface area contributed by atoms with Gasteiger partial charge in [0.25, 0.3) is 5.91 Å². The lowest BCUT2D eigenvalue weighted by atomic mass is 10.0. The second-order valence-corrected chi connectivity index (χ2v) is 4.42. The van der Waals surface area contributed by atoms with Gasteiger partial charge in [-0.15, -0.1) is 11.3 Å². The quantitative estimate of drug-likeness (QED) is 0.822. The third kappa shape index (κ3) is 2.18. The fourth-order valence-corrected chi connectivity index (χ4v) is 2.45. The fourth-order valence-electron chi connectivity index (χ4n) is 1.92. The summed E-state index contributed by atoms with van der Waals surface area (Å²) in [6.45, 7) is 0.789. The van der Waals surface area contributed by atoms with Crippen LogP contribution in [0.4, 0.5) is 0 Å². The molecule has 1 N–H and O–H groups in total. The van der Waals surface area contributed by atoms with Crippen molar-refractivity contribution < 1.29 is 9.90 Å². The molecule has 1 aliphatic heterocycles. The maximum Gasteiger partial charge on any atom is 0.273 e. The van der Waals surface area contributed by atoms with Crippen molar-refractivity contribution in [2.24, 2.45) is 0 Å². The molecular weight excluding hydrogens is 212 g/mol. The summed E-state index contributed by atoms with van der Waals surface area (Å²) < 4.78 is 0. The lowest BCUT2D eigenvalue weighted by Crippen LogP contribution is -2.45. The molecule has 0 aliphatic carbocycles. The molecule has 0 spiro atoms. The number of aliphatic hydroxyl groups is 1. The number of nitrogens with zero attached hydrogens (tertiary/aromatic N) is 2. The van der Waals surface area contributed by atoms with E-state index in [4.69, 9.17) is 0 Å². The van der Waals surface area contributed by atoms with Crippen molar-refractivity contribution in [2.45, 2.75) is 25.3 Å². The van der Waals surface area contributed by atoms with Gasteiger partial charge in [-0.05, 0) is 19.3 Å². The van der Waals surface area contributed by atoms with Gasteiger partial charge >= 0.3 is 0 Å². The van der Waals surface area contributed by atoms with Crippen LogP contribution in [0.15, 0.2) is 10.9 Å². The third-order valence-corrected chi connectivity index (χ3v) is 3.34. The topological polar surface area (TPSA) is 53.4 Å². The molecule has 1 aromatic rings. The number of likely N-dealkylation sites (tertiary alicyclic amines) is 1. The van der Waals surface area contributed by atoms with E-state index in [2.05, 4.69) is 4.98 Å². The van der Waals surface area contributed by atoms with Gasteiger partial charge in [-0.1, -0.05) is 0 Å². The molecule has 1 fully saturated rings. The normalized spacial score (nSPS) is 21.7. The van der Waals surface area contributed by atoms with Crippen molar-refractivity contribution in [1.29, 1.82) is 0 Å². The van der Waals surface area contributed by atoms with Gasteiger partial charge in [0.15, 0.2) is 0 Å². The minimum absolute atomic E-state index is 0.0204. The first-order valence-electron chi connectivity index (χ1n) is 5.13. The SMILES string of the molecule is O=C(c1cscn1)N1CCCCC1CO. The number of hydrogen-bond acceptors (Lipinski definition) is 4. The summed E-state index contributed by atoms with van der Waals surface area (Å²) in [4.78, 5) is 17.7. The minimum Gasteiger partial charge on any atom is -0.394 e. The van der Waals surface area contributed by atoms with Crippen LogP contribution in [0.2, 0.25) is 0 Å². The number of carbonyl (C=O) groups is 1. The van der Waals surface area contributed by atoms with Crippen molar-refractivity contribution in [2.75, 3.05) is 13.2 Å². The van der Waals surface area contributed by atoms with Crippen LogP contribution < -0.4 is 0 Å². The Kier molecular flexibility index (Phi) is 3.33. The number of aromatic nitrogens is 1. The monoisotopic (exact) mass is 226 g/mol. The van der Waals surface area contributed by atoms with E-state index in [1.165, 1.54) is 11.3 Å². The molecule has 4 nitrogen and oxygen atoms in total. The van der Waals surface area contributed by atoms with Crippen molar-refractivity contribution in [3.63, 3.8) is 0 Å². The Morgan fingerprint density at radius 2 is 2.53 bits per heavy atom. The highest BCUT2D eigenvalue weighted by atomic mass is 32.1. The van der Waals surface area contributed by atoms with E-state index in [-0.39, 0.29) is 18.6 Å². The summed E-state index contributed by atoms with van der Waals surface area (Å²) in [6, 6.07) is -0.0204. The highest BCUT2D eigenvalue weighted by molar-refractivity contribution is 7.07. The third-order valence-electron chi connectivity index (χ3n) is 2.75. The molecule has 1 aromatic heterocycles. The van der Waals surface area contributed by atoms with E-state index >= 15 is 0 Å². The number of thiazole rings is 1. The summed E-state index contributed by atoms with van der Waals surface area (Å²) in [6.07, 6.45) is 3.00. The molecule has 1 aliphatic rings. The van der Waals surface area contributed by atoms with Gasteiger partial charge in [0.2, 0.25) is 0 Å².